The van der Waals surface area contributed by atoms with Crippen molar-refractivity contribution in [1.82, 2.24) is 9.29 Å². The Labute approximate surface area is 124 Å². The number of aromatic nitrogens is 1. The third-order valence-electron chi connectivity index (χ3n) is 3.52. The van der Waals surface area contributed by atoms with Crippen molar-refractivity contribution in [1.29, 1.82) is 0 Å². The number of nitrogens with zero attached hydrogens (tertiary/aromatic N) is 1. The van der Waals surface area contributed by atoms with Crippen molar-refractivity contribution >= 4 is 33.1 Å². The van der Waals surface area contributed by atoms with Crippen LogP contribution in [0.1, 0.15) is 0 Å². The molecule has 3 N–H and O–H groups in total. The summed E-state index contributed by atoms with van der Waals surface area (Å²) in [5.41, 5.74) is 2.09. The Hall–Kier alpha value is -1.73. The molecule has 0 aliphatic heterocycles. The topological polar surface area (TPSA) is 74.5 Å². The van der Waals surface area contributed by atoms with Crippen molar-refractivity contribution in [2.75, 3.05) is 6.54 Å². The van der Waals surface area contributed by atoms with Crippen LogP contribution in [0.3, 0.4) is 0 Å². The van der Waals surface area contributed by atoms with Crippen LogP contribution >= 0.6 is 0 Å². The van der Waals surface area contributed by atoms with Gasteiger partial charge < -0.3 is 9.67 Å². The van der Waals surface area contributed by atoms with E-state index in [9.17, 15) is 9.32 Å². The Morgan fingerprint density at radius 1 is 1.05 bits per heavy atom. The standard InChI is InChI=1S/C15H16N2O3S/c18-11(9-16-21(19)20)10-17-14-7-3-1-5-12(14)13-6-2-4-8-15(13)17/h1-8,11,16,18H,9-10H2,(H,19,20). The summed E-state index contributed by atoms with van der Waals surface area (Å²) in [4.78, 5) is 0. The Bertz CT molecular complexity index is 747. The second-order valence-electron chi connectivity index (χ2n) is 4.90. The minimum Gasteiger partial charge on any atom is -0.390 e. The van der Waals surface area contributed by atoms with Crippen LogP contribution in [-0.2, 0) is 17.8 Å². The van der Waals surface area contributed by atoms with Gasteiger partial charge in [-0.15, -0.1) is 0 Å². The molecule has 2 unspecified atom stereocenters. The predicted molar refractivity (Wildman–Crippen MR) is 84.2 cm³/mol. The van der Waals surface area contributed by atoms with E-state index in [4.69, 9.17) is 4.55 Å². The summed E-state index contributed by atoms with van der Waals surface area (Å²) < 4.78 is 23.7. The first-order valence-corrected chi connectivity index (χ1v) is 7.76. The van der Waals surface area contributed by atoms with Crippen LogP contribution in [0.25, 0.3) is 21.8 Å². The van der Waals surface area contributed by atoms with E-state index in [2.05, 4.69) is 16.9 Å². The smallest absolute Gasteiger partial charge is 0.231 e. The minimum absolute atomic E-state index is 0.0595. The molecule has 0 aliphatic carbocycles. The van der Waals surface area contributed by atoms with Crippen LogP contribution < -0.4 is 4.72 Å². The van der Waals surface area contributed by atoms with Crippen LogP contribution in [0.5, 0.6) is 0 Å². The average Bonchev–Trinajstić information content (AvgIpc) is 2.80. The molecule has 0 spiro atoms. The molecular weight excluding hydrogens is 288 g/mol. The lowest BCUT2D eigenvalue weighted by molar-refractivity contribution is 0.160. The summed E-state index contributed by atoms with van der Waals surface area (Å²) in [6.45, 7) is 0.419. The molecule has 0 saturated heterocycles. The lowest BCUT2D eigenvalue weighted by Gasteiger charge is -2.13. The van der Waals surface area contributed by atoms with E-state index in [1.165, 1.54) is 0 Å². The molecule has 0 fully saturated rings. The van der Waals surface area contributed by atoms with Crippen molar-refractivity contribution in [3.8, 4) is 0 Å². The predicted octanol–water partition coefficient (Wildman–Crippen LogP) is 1.88. The molecule has 21 heavy (non-hydrogen) atoms. The first-order valence-electron chi connectivity index (χ1n) is 6.65. The van der Waals surface area contributed by atoms with E-state index in [0.717, 1.165) is 21.8 Å². The lowest BCUT2D eigenvalue weighted by atomic mass is 10.2. The van der Waals surface area contributed by atoms with Crippen molar-refractivity contribution in [2.24, 2.45) is 0 Å². The fourth-order valence-corrected chi connectivity index (χ4v) is 2.98. The zero-order chi connectivity index (χ0) is 14.8. The van der Waals surface area contributed by atoms with Crippen LogP contribution in [0.15, 0.2) is 48.5 Å². The molecule has 0 bridgehead atoms. The van der Waals surface area contributed by atoms with Crippen molar-refractivity contribution in [2.45, 2.75) is 12.6 Å². The average molecular weight is 304 g/mol. The number of aliphatic hydroxyl groups excluding tert-OH is 1. The van der Waals surface area contributed by atoms with Crippen LogP contribution in [0.2, 0.25) is 0 Å². The molecule has 2 aromatic carbocycles. The molecule has 1 heterocycles. The molecule has 0 saturated carbocycles. The highest BCUT2D eigenvalue weighted by Gasteiger charge is 2.13. The summed E-state index contributed by atoms with van der Waals surface area (Å²) in [6, 6.07) is 16.1. The third-order valence-corrected chi connectivity index (χ3v) is 3.93. The highest BCUT2D eigenvalue weighted by Crippen LogP contribution is 2.28. The first-order chi connectivity index (χ1) is 10.2. The summed E-state index contributed by atoms with van der Waals surface area (Å²) >= 11 is -2.11. The van der Waals surface area contributed by atoms with E-state index in [1.807, 2.05) is 41.0 Å². The number of hydrogen-bond acceptors (Lipinski definition) is 2. The number of para-hydroxylation sites is 2. The summed E-state index contributed by atoms with van der Waals surface area (Å²) in [5, 5.41) is 12.3. The molecule has 3 rings (SSSR count). The SMILES string of the molecule is O=S(O)NCC(O)Cn1c2ccccc2c2ccccc21. The van der Waals surface area contributed by atoms with E-state index in [0.29, 0.717) is 6.54 Å². The van der Waals surface area contributed by atoms with Crippen LogP contribution in [-0.4, -0.2) is 31.1 Å². The molecule has 2 atom stereocenters. The summed E-state index contributed by atoms with van der Waals surface area (Å²) in [5.74, 6) is 0. The van der Waals surface area contributed by atoms with Gasteiger partial charge in [-0.1, -0.05) is 36.4 Å². The zero-order valence-electron chi connectivity index (χ0n) is 11.3. The van der Waals surface area contributed by atoms with Gasteiger partial charge in [0.25, 0.3) is 0 Å². The Kier molecular flexibility index (Phi) is 4.03. The molecule has 5 nitrogen and oxygen atoms in total. The number of nitrogens with one attached hydrogen (secondary N) is 1. The first kappa shape index (κ1) is 14.2. The van der Waals surface area contributed by atoms with Gasteiger partial charge in [0.05, 0.1) is 12.6 Å². The maximum absolute atomic E-state index is 10.6. The molecule has 0 radical (unpaired) electrons. The largest absolute Gasteiger partial charge is 0.390 e. The van der Waals surface area contributed by atoms with Crippen molar-refractivity contribution in [3.63, 3.8) is 0 Å². The molecular formula is C15H16N2O3S. The van der Waals surface area contributed by atoms with Crippen molar-refractivity contribution in [3.05, 3.63) is 48.5 Å². The number of benzene rings is 2. The summed E-state index contributed by atoms with van der Waals surface area (Å²) in [6.07, 6.45) is -0.750. The van der Waals surface area contributed by atoms with E-state index >= 15 is 0 Å². The second kappa shape index (κ2) is 5.95. The molecule has 0 amide bonds. The Balaban J connectivity index is 2.01. The van der Waals surface area contributed by atoms with Gasteiger partial charge in [0, 0.05) is 28.4 Å². The number of aliphatic hydroxyl groups is 1. The van der Waals surface area contributed by atoms with Gasteiger partial charge in [-0.05, 0) is 12.1 Å². The van der Waals surface area contributed by atoms with Gasteiger partial charge in [0.2, 0.25) is 11.3 Å². The molecule has 0 aliphatic rings. The maximum atomic E-state index is 10.6. The Morgan fingerprint density at radius 3 is 2.10 bits per heavy atom. The maximum Gasteiger partial charge on any atom is 0.231 e. The zero-order valence-corrected chi connectivity index (χ0v) is 12.1. The molecule has 1 aromatic heterocycles. The van der Waals surface area contributed by atoms with Gasteiger partial charge in [-0.2, -0.15) is 0 Å². The second-order valence-corrected chi connectivity index (χ2v) is 5.68. The van der Waals surface area contributed by atoms with Gasteiger partial charge in [0.15, 0.2) is 0 Å². The number of fused-ring (bicyclic) bond motifs is 3. The van der Waals surface area contributed by atoms with E-state index in [-0.39, 0.29) is 6.54 Å². The highest BCUT2D eigenvalue weighted by atomic mass is 32.2. The summed E-state index contributed by atoms with van der Waals surface area (Å²) in [7, 11) is 0. The Morgan fingerprint density at radius 2 is 1.57 bits per heavy atom. The lowest BCUT2D eigenvalue weighted by Crippen LogP contribution is -2.31. The van der Waals surface area contributed by atoms with Crippen LogP contribution in [0.4, 0.5) is 0 Å². The van der Waals surface area contributed by atoms with E-state index in [1.54, 1.807) is 0 Å². The van der Waals surface area contributed by atoms with Gasteiger partial charge >= 0.3 is 0 Å². The number of hydrogen-bond donors (Lipinski definition) is 3. The number of rotatable bonds is 5. The molecule has 110 valence electrons. The quantitative estimate of drug-likeness (QED) is 0.630. The van der Waals surface area contributed by atoms with Gasteiger partial charge in [0.1, 0.15) is 0 Å². The monoisotopic (exact) mass is 304 g/mol. The minimum atomic E-state index is -2.11. The fourth-order valence-electron chi connectivity index (χ4n) is 2.64. The molecule has 3 aromatic rings. The van der Waals surface area contributed by atoms with E-state index < -0.39 is 17.4 Å². The van der Waals surface area contributed by atoms with Gasteiger partial charge in [-0.25, -0.2) is 8.93 Å². The normalized spacial score (nSPS) is 14.6. The van der Waals surface area contributed by atoms with Gasteiger partial charge in [-0.3, -0.25) is 4.55 Å². The highest BCUT2D eigenvalue weighted by molar-refractivity contribution is 7.77. The van der Waals surface area contributed by atoms with Crippen molar-refractivity contribution < 1.29 is 13.9 Å². The molecule has 6 heteroatoms. The van der Waals surface area contributed by atoms with Crippen LogP contribution in [0, 0.1) is 0 Å². The third kappa shape index (κ3) is 2.84. The fraction of sp³-hybridized carbons (Fsp3) is 0.200.